The second-order valence-electron chi connectivity index (χ2n) is 16.5. The van der Waals surface area contributed by atoms with Crippen LogP contribution in [0.15, 0.2) is 0 Å². The fourth-order valence-corrected chi connectivity index (χ4v) is 9.33. The van der Waals surface area contributed by atoms with Gasteiger partial charge in [-0.25, -0.2) is 0 Å². The van der Waals surface area contributed by atoms with Gasteiger partial charge in [0.1, 0.15) is 0 Å². The van der Waals surface area contributed by atoms with Crippen molar-refractivity contribution in [1.82, 2.24) is 0 Å². The quantitative estimate of drug-likeness (QED) is 0.140. The Bertz CT molecular complexity index is 720. The van der Waals surface area contributed by atoms with E-state index >= 15 is 0 Å². The fourth-order valence-electron chi connectivity index (χ4n) is 9.33. The van der Waals surface area contributed by atoms with Gasteiger partial charge in [-0.3, -0.25) is 0 Å². The van der Waals surface area contributed by atoms with Crippen molar-refractivity contribution in [2.24, 2.45) is 22.2 Å². The molecule has 0 saturated heterocycles. The predicted octanol–water partition coefficient (Wildman–Crippen LogP) is 9.00. The lowest BCUT2D eigenvalue weighted by Crippen LogP contribution is -2.66. The van der Waals surface area contributed by atoms with E-state index < -0.39 is 61.8 Å². The van der Waals surface area contributed by atoms with Gasteiger partial charge in [-0.2, -0.15) is 0 Å². The van der Waals surface area contributed by atoms with E-state index in [1.165, 1.54) is 148 Å². The lowest BCUT2D eigenvalue weighted by atomic mass is 9.46. The second kappa shape index (κ2) is 31.1. The predicted molar refractivity (Wildman–Crippen MR) is 208 cm³/mol. The van der Waals surface area contributed by atoms with Crippen LogP contribution in [0.2, 0.25) is 0 Å². The van der Waals surface area contributed by atoms with Crippen LogP contribution in [0.3, 0.4) is 0 Å². The molecule has 0 aromatic rings. The molecule has 50 heavy (non-hydrogen) atoms. The number of aliphatic hydroxyl groups is 7. The van der Waals surface area contributed by atoms with E-state index in [2.05, 4.69) is 0 Å². The van der Waals surface area contributed by atoms with Crippen LogP contribution in [0.25, 0.3) is 0 Å². The van der Waals surface area contributed by atoms with Crippen LogP contribution in [0.1, 0.15) is 205 Å². The lowest BCUT2D eigenvalue weighted by molar-refractivity contribution is -0.234. The summed E-state index contributed by atoms with van der Waals surface area (Å²) in [6.07, 6.45) is 38.5. The third kappa shape index (κ3) is 16.4. The Morgan fingerprint density at radius 2 is 0.560 bits per heavy atom. The second-order valence-corrected chi connectivity index (χ2v) is 16.5. The molecule has 0 aromatic heterocycles. The molecule has 0 bridgehead atoms. The van der Waals surface area contributed by atoms with Crippen molar-refractivity contribution in [1.29, 1.82) is 0 Å². The zero-order chi connectivity index (χ0) is 36.7. The minimum Gasteiger partial charge on any atom is -0.396 e. The molecule has 1 unspecified atom stereocenters. The number of rotatable bonds is 7. The lowest BCUT2D eigenvalue weighted by Gasteiger charge is -2.59. The molecule has 0 amide bonds. The molecule has 1 aliphatic rings. The first-order chi connectivity index (χ1) is 24.5. The van der Waals surface area contributed by atoms with Crippen LogP contribution < -0.4 is 0 Å². The largest absolute Gasteiger partial charge is 0.396 e. The van der Waals surface area contributed by atoms with Crippen LogP contribution >= 0.6 is 0 Å². The molecule has 0 spiro atoms. The molecular weight excluding hydrogens is 628 g/mol. The van der Waals surface area contributed by atoms with Gasteiger partial charge in [0.05, 0.1) is 39.6 Å². The molecule has 0 aliphatic heterocycles. The molecule has 1 fully saturated rings. The van der Waals surface area contributed by atoms with Crippen molar-refractivity contribution in [3.8, 4) is 0 Å². The average molecular weight is 715 g/mol. The van der Waals surface area contributed by atoms with Gasteiger partial charge in [-0.05, 0) is 18.8 Å². The van der Waals surface area contributed by atoms with Crippen LogP contribution in [0.5, 0.6) is 0 Å². The molecule has 1 aliphatic carbocycles. The van der Waals surface area contributed by atoms with Gasteiger partial charge in [0.25, 0.3) is 0 Å². The van der Waals surface area contributed by atoms with Crippen LogP contribution in [-0.2, 0) is 0 Å². The van der Waals surface area contributed by atoms with E-state index in [4.69, 9.17) is 0 Å². The minimum atomic E-state index is -1.59. The summed E-state index contributed by atoms with van der Waals surface area (Å²) < 4.78 is 0. The molecular formula is C43H86O7. The standard InChI is InChI=1S/C43H86O7/c44-33-40-31-29-27-25-23-21-19-17-15-13-11-9-7-5-3-1-2-4-6-8-10-12-14-16-18-20-22-24-26-28-30-32-41(34-45,35-46)43(38-49,39-50)42(40,36-47)37-48/h40,44-50H,1-39H2. The Morgan fingerprint density at radius 1 is 0.300 bits per heavy atom. The maximum Gasteiger partial charge on any atom is 0.0523 e. The summed E-state index contributed by atoms with van der Waals surface area (Å²) in [5.41, 5.74) is -4.40. The molecule has 1 rings (SSSR count). The molecule has 7 heteroatoms. The maximum atomic E-state index is 10.9. The minimum absolute atomic E-state index is 0.324. The zero-order valence-corrected chi connectivity index (χ0v) is 32.8. The van der Waals surface area contributed by atoms with E-state index in [-0.39, 0.29) is 6.61 Å². The van der Waals surface area contributed by atoms with Crippen molar-refractivity contribution in [2.45, 2.75) is 205 Å². The average Bonchev–Trinajstić information content (AvgIpc) is 3.14. The van der Waals surface area contributed by atoms with E-state index in [9.17, 15) is 35.7 Å². The Balaban J connectivity index is 2.82. The van der Waals surface area contributed by atoms with E-state index in [1.807, 2.05) is 0 Å². The van der Waals surface area contributed by atoms with Gasteiger partial charge in [0.2, 0.25) is 0 Å². The summed E-state index contributed by atoms with van der Waals surface area (Å²) in [5.74, 6) is -0.606. The third-order valence-electron chi connectivity index (χ3n) is 13.1. The number of hydrogen-bond donors (Lipinski definition) is 7. The fraction of sp³-hybridized carbons (Fsp3) is 1.00. The molecule has 1 atom stereocenters. The van der Waals surface area contributed by atoms with Crippen molar-refractivity contribution >= 4 is 0 Å². The van der Waals surface area contributed by atoms with E-state index in [0.29, 0.717) is 19.3 Å². The maximum absolute atomic E-state index is 10.9. The summed E-state index contributed by atoms with van der Waals surface area (Å²) in [4.78, 5) is 0. The van der Waals surface area contributed by atoms with Gasteiger partial charge in [0, 0.05) is 22.9 Å². The monoisotopic (exact) mass is 715 g/mol. The van der Waals surface area contributed by atoms with Gasteiger partial charge in [0.15, 0.2) is 0 Å². The normalized spacial score (nSPS) is 25.4. The van der Waals surface area contributed by atoms with Crippen molar-refractivity contribution in [2.75, 3.05) is 46.2 Å². The summed E-state index contributed by atoms with van der Waals surface area (Å²) in [6.45, 7) is -3.70. The molecule has 7 nitrogen and oxygen atoms in total. The molecule has 0 heterocycles. The summed E-state index contributed by atoms with van der Waals surface area (Å²) in [5, 5.41) is 75.8. The van der Waals surface area contributed by atoms with Crippen molar-refractivity contribution in [3.05, 3.63) is 0 Å². The molecule has 0 radical (unpaired) electrons. The Morgan fingerprint density at radius 3 is 0.780 bits per heavy atom. The number of aliphatic hydroxyl groups excluding tert-OH is 7. The molecule has 0 aromatic carbocycles. The van der Waals surface area contributed by atoms with Crippen LogP contribution in [0, 0.1) is 22.2 Å². The summed E-state index contributed by atoms with van der Waals surface area (Å²) in [7, 11) is 0. The summed E-state index contributed by atoms with van der Waals surface area (Å²) in [6, 6.07) is 0. The van der Waals surface area contributed by atoms with Crippen molar-refractivity contribution < 1.29 is 35.7 Å². The Labute approximate surface area is 309 Å². The van der Waals surface area contributed by atoms with E-state index in [0.717, 1.165) is 38.5 Å². The van der Waals surface area contributed by atoms with Gasteiger partial charge < -0.3 is 35.7 Å². The van der Waals surface area contributed by atoms with Crippen LogP contribution in [-0.4, -0.2) is 82.0 Å². The molecule has 7 N–H and O–H groups in total. The highest BCUT2D eigenvalue weighted by Gasteiger charge is 2.63. The Kier molecular flexibility index (Phi) is 29.7. The highest BCUT2D eigenvalue weighted by Crippen LogP contribution is 2.57. The van der Waals surface area contributed by atoms with Crippen LogP contribution in [0.4, 0.5) is 0 Å². The first-order valence-electron chi connectivity index (χ1n) is 21.8. The van der Waals surface area contributed by atoms with Gasteiger partial charge >= 0.3 is 0 Å². The molecule has 1 saturated carbocycles. The van der Waals surface area contributed by atoms with Gasteiger partial charge in [-0.1, -0.05) is 193 Å². The summed E-state index contributed by atoms with van der Waals surface area (Å²) >= 11 is 0. The smallest absolute Gasteiger partial charge is 0.0523 e. The third-order valence-corrected chi connectivity index (χ3v) is 13.1. The Hall–Kier alpha value is -0.280. The molecule has 300 valence electrons. The number of hydrogen-bond acceptors (Lipinski definition) is 7. The topological polar surface area (TPSA) is 142 Å². The highest BCUT2D eigenvalue weighted by molar-refractivity contribution is 5.10. The first-order valence-corrected chi connectivity index (χ1v) is 21.8. The SMILES string of the molecule is OCC1CCCCCCCCCCCCCCCCCCCCCCCCCCCCCCCCC(CO)(CO)C(CO)(CO)C1(CO)CO. The highest BCUT2D eigenvalue weighted by atomic mass is 16.3. The van der Waals surface area contributed by atoms with Crippen molar-refractivity contribution in [3.63, 3.8) is 0 Å². The zero-order valence-electron chi connectivity index (χ0n) is 32.8. The van der Waals surface area contributed by atoms with E-state index in [1.54, 1.807) is 0 Å². The first kappa shape index (κ1) is 47.7. The van der Waals surface area contributed by atoms with Gasteiger partial charge in [-0.15, -0.1) is 0 Å².